The van der Waals surface area contributed by atoms with Gasteiger partial charge in [0.05, 0.1) is 11.0 Å². The van der Waals surface area contributed by atoms with Crippen LogP contribution in [0.5, 0.6) is 5.75 Å². The van der Waals surface area contributed by atoms with Gasteiger partial charge in [0, 0.05) is 24.8 Å². The van der Waals surface area contributed by atoms with Crippen LogP contribution >= 0.6 is 0 Å². The van der Waals surface area contributed by atoms with Gasteiger partial charge in [-0.1, -0.05) is 12.1 Å². The van der Waals surface area contributed by atoms with Crippen molar-refractivity contribution in [2.24, 2.45) is 0 Å². The number of nitrogens with zero attached hydrogens (tertiary/aromatic N) is 1. The number of nitro groups is 1. The van der Waals surface area contributed by atoms with E-state index in [1.807, 2.05) is 38.1 Å². The van der Waals surface area contributed by atoms with Crippen LogP contribution in [0.2, 0.25) is 0 Å². The average molecular weight is 340 g/mol. The van der Waals surface area contributed by atoms with Gasteiger partial charge in [0.2, 0.25) is 5.91 Å². The highest BCUT2D eigenvalue weighted by Gasteiger charge is 2.03. The fraction of sp³-hybridized carbons (Fsp3) is 0.211. The predicted octanol–water partition coefficient (Wildman–Crippen LogP) is 3.71. The molecule has 6 nitrogen and oxygen atoms in total. The van der Waals surface area contributed by atoms with Crippen molar-refractivity contribution >= 4 is 17.7 Å². The molecule has 0 radical (unpaired) electrons. The van der Waals surface area contributed by atoms with Crippen molar-refractivity contribution < 1.29 is 14.5 Å². The van der Waals surface area contributed by atoms with Gasteiger partial charge in [0.15, 0.2) is 0 Å². The summed E-state index contributed by atoms with van der Waals surface area (Å²) < 4.78 is 5.62. The Morgan fingerprint density at radius 3 is 2.60 bits per heavy atom. The number of carbonyl (C=O) groups excluding carboxylic acids is 1. The number of ether oxygens (including phenoxy) is 1. The van der Waals surface area contributed by atoms with Crippen molar-refractivity contribution in [1.29, 1.82) is 0 Å². The predicted molar refractivity (Wildman–Crippen MR) is 96.2 cm³/mol. The second-order valence-corrected chi connectivity index (χ2v) is 5.71. The summed E-state index contributed by atoms with van der Waals surface area (Å²) in [6.07, 6.45) is 3.10. The lowest BCUT2D eigenvalue weighted by Gasteiger charge is -2.11. The molecular weight excluding hydrogens is 320 g/mol. The van der Waals surface area contributed by atoms with Crippen molar-refractivity contribution in [2.75, 3.05) is 0 Å². The summed E-state index contributed by atoms with van der Waals surface area (Å²) in [6, 6.07) is 13.5. The molecule has 6 heteroatoms. The highest BCUT2D eigenvalue weighted by Crippen LogP contribution is 2.15. The molecule has 0 heterocycles. The molecule has 1 N–H and O–H groups in total. The first-order valence-corrected chi connectivity index (χ1v) is 7.90. The summed E-state index contributed by atoms with van der Waals surface area (Å²) in [5, 5.41) is 13.4. The van der Waals surface area contributed by atoms with Gasteiger partial charge in [-0.05, 0) is 55.3 Å². The number of hydrogen-bond acceptors (Lipinski definition) is 4. The van der Waals surface area contributed by atoms with Crippen LogP contribution in [-0.4, -0.2) is 16.9 Å². The quantitative estimate of drug-likeness (QED) is 0.473. The first-order chi connectivity index (χ1) is 11.9. The number of carbonyl (C=O) groups is 1. The molecule has 0 spiro atoms. The molecule has 2 rings (SSSR count). The van der Waals surface area contributed by atoms with Crippen molar-refractivity contribution in [1.82, 2.24) is 5.32 Å². The van der Waals surface area contributed by atoms with Gasteiger partial charge in [-0.15, -0.1) is 0 Å². The number of hydrogen-bond donors (Lipinski definition) is 1. The first-order valence-electron chi connectivity index (χ1n) is 7.90. The number of non-ortho nitro benzene ring substituents is 1. The van der Waals surface area contributed by atoms with E-state index in [0.29, 0.717) is 12.1 Å². The fourth-order valence-electron chi connectivity index (χ4n) is 2.13. The second kappa shape index (κ2) is 8.63. The van der Waals surface area contributed by atoms with Crippen molar-refractivity contribution in [3.63, 3.8) is 0 Å². The topological polar surface area (TPSA) is 81.5 Å². The van der Waals surface area contributed by atoms with E-state index in [0.717, 1.165) is 11.3 Å². The summed E-state index contributed by atoms with van der Waals surface area (Å²) in [7, 11) is 0. The lowest BCUT2D eigenvalue weighted by Crippen LogP contribution is -2.20. The molecule has 0 aliphatic rings. The number of nitro benzene ring substituents is 1. The van der Waals surface area contributed by atoms with Gasteiger partial charge >= 0.3 is 0 Å². The van der Waals surface area contributed by atoms with E-state index >= 15 is 0 Å². The molecule has 0 aliphatic heterocycles. The van der Waals surface area contributed by atoms with E-state index in [9.17, 15) is 14.9 Å². The Balaban J connectivity index is 1.88. The van der Waals surface area contributed by atoms with Crippen molar-refractivity contribution in [2.45, 2.75) is 26.5 Å². The van der Waals surface area contributed by atoms with Gasteiger partial charge < -0.3 is 10.1 Å². The van der Waals surface area contributed by atoms with E-state index in [1.165, 1.54) is 18.2 Å². The molecule has 0 aliphatic carbocycles. The maximum absolute atomic E-state index is 11.9. The normalized spacial score (nSPS) is 10.8. The zero-order chi connectivity index (χ0) is 18.2. The van der Waals surface area contributed by atoms with Gasteiger partial charge in [-0.3, -0.25) is 14.9 Å². The van der Waals surface area contributed by atoms with E-state index in [2.05, 4.69) is 5.32 Å². The van der Waals surface area contributed by atoms with Gasteiger partial charge in [0.1, 0.15) is 5.75 Å². The zero-order valence-electron chi connectivity index (χ0n) is 14.1. The van der Waals surface area contributed by atoms with Crippen LogP contribution in [0.15, 0.2) is 54.6 Å². The van der Waals surface area contributed by atoms with E-state index in [-0.39, 0.29) is 17.7 Å². The minimum atomic E-state index is -0.461. The van der Waals surface area contributed by atoms with E-state index in [1.54, 1.807) is 18.2 Å². The third kappa shape index (κ3) is 6.10. The van der Waals surface area contributed by atoms with Crippen LogP contribution < -0.4 is 10.1 Å². The standard InChI is InChI=1S/C19H20N2O4/c1-14(2)25-18-5-3-4-16(12-18)13-20-19(22)11-8-15-6-9-17(10-7-15)21(23)24/h3-12,14H,13H2,1-2H3,(H,20,22)/b11-8+. The monoisotopic (exact) mass is 340 g/mol. The minimum absolute atomic E-state index is 0.0186. The third-order valence-electron chi connectivity index (χ3n) is 3.27. The Kier molecular flexibility index (Phi) is 6.28. The lowest BCUT2D eigenvalue weighted by atomic mass is 10.2. The number of amides is 1. The van der Waals surface area contributed by atoms with Crippen LogP contribution in [0.4, 0.5) is 5.69 Å². The van der Waals surface area contributed by atoms with Crippen LogP contribution in [0.25, 0.3) is 6.08 Å². The van der Waals surface area contributed by atoms with Crippen molar-refractivity contribution in [3.05, 3.63) is 75.8 Å². The van der Waals surface area contributed by atoms with Crippen LogP contribution in [0.3, 0.4) is 0 Å². The lowest BCUT2D eigenvalue weighted by molar-refractivity contribution is -0.384. The first kappa shape index (κ1) is 18.2. The second-order valence-electron chi connectivity index (χ2n) is 5.71. The van der Waals surface area contributed by atoms with Gasteiger partial charge in [0.25, 0.3) is 5.69 Å². The molecule has 0 fully saturated rings. The Hall–Kier alpha value is -3.15. The summed E-state index contributed by atoms with van der Waals surface area (Å²) in [5.74, 6) is 0.525. The Bertz CT molecular complexity index is 767. The summed E-state index contributed by atoms with van der Waals surface area (Å²) >= 11 is 0. The molecule has 0 bridgehead atoms. The molecule has 1 amide bonds. The molecule has 25 heavy (non-hydrogen) atoms. The van der Waals surface area contributed by atoms with Crippen LogP contribution in [0, 0.1) is 10.1 Å². The molecule has 0 unspecified atom stereocenters. The van der Waals surface area contributed by atoms with Crippen LogP contribution in [-0.2, 0) is 11.3 Å². The Morgan fingerprint density at radius 2 is 1.96 bits per heavy atom. The van der Waals surface area contributed by atoms with Crippen molar-refractivity contribution in [3.8, 4) is 5.75 Å². The smallest absolute Gasteiger partial charge is 0.269 e. The average Bonchev–Trinajstić information content (AvgIpc) is 2.58. The Morgan fingerprint density at radius 1 is 1.24 bits per heavy atom. The summed E-state index contributed by atoms with van der Waals surface area (Å²) in [6.45, 7) is 4.30. The molecule has 0 saturated carbocycles. The molecule has 0 aromatic heterocycles. The molecule has 0 atom stereocenters. The van der Waals surface area contributed by atoms with Gasteiger partial charge in [-0.2, -0.15) is 0 Å². The van der Waals surface area contributed by atoms with Gasteiger partial charge in [-0.25, -0.2) is 0 Å². The molecule has 0 saturated heterocycles. The highest BCUT2D eigenvalue weighted by atomic mass is 16.6. The summed E-state index contributed by atoms with van der Waals surface area (Å²) in [4.78, 5) is 22.0. The molecular formula is C19H20N2O4. The molecule has 130 valence electrons. The molecule has 2 aromatic carbocycles. The highest BCUT2D eigenvalue weighted by molar-refractivity contribution is 5.91. The van der Waals surface area contributed by atoms with E-state index in [4.69, 9.17) is 4.74 Å². The zero-order valence-corrected chi connectivity index (χ0v) is 14.1. The maximum Gasteiger partial charge on any atom is 0.269 e. The van der Waals surface area contributed by atoms with E-state index < -0.39 is 4.92 Å². The van der Waals surface area contributed by atoms with Crippen LogP contribution in [0.1, 0.15) is 25.0 Å². The Labute approximate surface area is 146 Å². The SMILES string of the molecule is CC(C)Oc1cccc(CNC(=O)/C=C/c2ccc([N+](=O)[O-])cc2)c1. The maximum atomic E-state index is 11.9. The number of benzene rings is 2. The largest absolute Gasteiger partial charge is 0.491 e. The fourth-order valence-corrected chi connectivity index (χ4v) is 2.13. The minimum Gasteiger partial charge on any atom is -0.491 e. The number of nitrogens with one attached hydrogen (secondary N) is 1. The summed E-state index contributed by atoms with van der Waals surface area (Å²) in [5.41, 5.74) is 1.67. The molecule has 2 aromatic rings. The third-order valence-corrected chi connectivity index (χ3v) is 3.27. The number of rotatable bonds is 7.